The van der Waals surface area contributed by atoms with E-state index in [2.05, 4.69) is 10.3 Å². The summed E-state index contributed by atoms with van der Waals surface area (Å²) in [7, 11) is 1.82. The Hall–Kier alpha value is -1.09. The van der Waals surface area contributed by atoms with Crippen LogP contribution in [0.15, 0.2) is 12.1 Å². The summed E-state index contributed by atoms with van der Waals surface area (Å²) in [6.45, 7) is 2.12. The van der Waals surface area contributed by atoms with Gasteiger partial charge in [-0.15, -0.1) is 0 Å². The Bertz CT molecular complexity index is 205. The van der Waals surface area contributed by atoms with Gasteiger partial charge in [-0.3, -0.25) is 0 Å². The van der Waals surface area contributed by atoms with Crippen molar-refractivity contribution >= 4 is 5.82 Å². The molecule has 0 aromatic carbocycles. The third-order valence-electron chi connectivity index (χ3n) is 1.74. The van der Waals surface area contributed by atoms with Crippen LogP contribution in [-0.2, 0) is 13.0 Å². The van der Waals surface area contributed by atoms with E-state index >= 15 is 0 Å². The van der Waals surface area contributed by atoms with Gasteiger partial charge in [0.1, 0.15) is 5.82 Å². The quantitative estimate of drug-likeness (QED) is 0.708. The molecule has 0 aliphatic heterocycles. The van der Waals surface area contributed by atoms with Crippen LogP contribution in [0.4, 0.5) is 5.82 Å². The predicted molar refractivity (Wildman–Crippen MR) is 49.1 cm³/mol. The van der Waals surface area contributed by atoms with Crippen molar-refractivity contribution in [2.75, 3.05) is 12.4 Å². The topological polar surface area (TPSA) is 45.1 Å². The van der Waals surface area contributed by atoms with Crippen LogP contribution in [-0.4, -0.2) is 17.1 Å². The number of nitrogens with one attached hydrogen (secondary N) is 1. The van der Waals surface area contributed by atoms with Gasteiger partial charge in [-0.05, 0) is 24.1 Å². The zero-order chi connectivity index (χ0) is 8.97. The molecule has 1 rings (SSSR count). The Labute approximate surface area is 72.5 Å². The maximum Gasteiger partial charge on any atom is 0.126 e. The first-order chi connectivity index (χ1) is 5.80. The van der Waals surface area contributed by atoms with Gasteiger partial charge in [0.15, 0.2) is 0 Å². The summed E-state index contributed by atoms with van der Waals surface area (Å²) in [5.74, 6) is 0.818. The lowest BCUT2D eigenvalue weighted by Gasteiger charge is -2.04. The first-order valence-corrected chi connectivity index (χ1v) is 4.08. The van der Waals surface area contributed by atoms with E-state index < -0.39 is 0 Å². The molecule has 0 aliphatic carbocycles. The fourth-order valence-electron chi connectivity index (χ4n) is 1.05. The fourth-order valence-corrected chi connectivity index (χ4v) is 1.05. The number of aliphatic hydroxyl groups is 1. The molecule has 12 heavy (non-hydrogen) atoms. The lowest BCUT2D eigenvalue weighted by molar-refractivity contribution is 0.281. The molecule has 0 fully saturated rings. The Morgan fingerprint density at radius 2 is 2.25 bits per heavy atom. The number of anilines is 1. The van der Waals surface area contributed by atoms with Crippen molar-refractivity contribution in [3.63, 3.8) is 0 Å². The van der Waals surface area contributed by atoms with Crippen LogP contribution in [0.25, 0.3) is 0 Å². The number of aromatic nitrogens is 1. The normalized spacial score (nSPS) is 9.92. The van der Waals surface area contributed by atoms with Crippen molar-refractivity contribution in [1.29, 1.82) is 0 Å². The van der Waals surface area contributed by atoms with Crippen LogP contribution in [0.3, 0.4) is 0 Å². The minimum absolute atomic E-state index is 0.0736. The van der Waals surface area contributed by atoms with Crippen molar-refractivity contribution < 1.29 is 5.11 Å². The number of nitrogens with zero attached hydrogens (tertiary/aromatic N) is 1. The highest BCUT2D eigenvalue weighted by atomic mass is 16.3. The number of aliphatic hydroxyl groups excluding tert-OH is 1. The van der Waals surface area contributed by atoms with Crippen molar-refractivity contribution in [1.82, 2.24) is 4.98 Å². The summed E-state index contributed by atoms with van der Waals surface area (Å²) in [5, 5.41) is 11.9. The van der Waals surface area contributed by atoms with Gasteiger partial charge >= 0.3 is 0 Å². The van der Waals surface area contributed by atoms with Gasteiger partial charge in [-0.25, -0.2) is 4.98 Å². The molecular formula is C9H14N2O. The first kappa shape index (κ1) is 9.00. The standard InChI is InChI=1S/C9H14N2O/c1-3-8-4-7(6-12)5-9(10-2)11-8/h4-5,12H,3,6H2,1-2H3,(H,10,11). The van der Waals surface area contributed by atoms with Gasteiger partial charge < -0.3 is 10.4 Å². The maximum atomic E-state index is 8.92. The molecule has 1 heterocycles. The van der Waals surface area contributed by atoms with Crippen molar-refractivity contribution in [3.8, 4) is 0 Å². The molecule has 1 aromatic rings. The van der Waals surface area contributed by atoms with Crippen LogP contribution < -0.4 is 5.32 Å². The second-order valence-electron chi connectivity index (χ2n) is 2.61. The van der Waals surface area contributed by atoms with E-state index in [-0.39, 0.29) is 6.61 Å². The van der Waals surface area contributed by atoms with Crippen LogP contribution in [0.2, 0.25) is 0 Å². The van der Waals surface area contributed by atoms with Crippen LogP contribution in [0.1, 0.15) is 18.2 Å². The molecule has 0 aliphatic rings. The molecule has 0 spiro atoms. The van der Waals surface area contributed by atoms with E-state index in [9.17, 15) is 0 Å². The smallest absolute Gasteiger partial charge is 0.126 e. The number of hydrogen-bond donors (Lipinski definition) is 2. The largest absolute Gasteiger partial charge is 0.392 e. The minimum atomic E-state index is 0.0736. The fraction of sp³-hybridized carbons (Fsp3) is 0.444. The van der Waals surface area contributed by atoms with Crippen molar-refractivity contribution in [2.24, 2.45) is 0 Å². The predicted octanol–water partition coefficient (Wildman–Crippen LogP) is 1.18. The summed E-state index contributed by atoms with van der Waals surface area (Å²) < 4.78 is 0. The van der Waals surface area contributed by atoms with Crippen LogP contribution in [0.5, 0.6) is 0 Å². The summed E-state index contributed by atoms with van der Waals surface area (Å²) in [6, 6.07) is 3.76. The molecule has 2 N–H and O–H groups in total. The monoisotopic (exact) mass is 166 g/mol. The van der Waals surface area contributed by atoms with E-state index in [0.717, 1.165) is 23.5 Å². The third-order valence-corrected chi connectivity index (χ3v) is 1.74. The Morgan fingerprint density at radius 1 is 1.50 bits per heavy atom. The molecule has 0 atom stereocenters. The summed E-state index contributed by atoms with van der Waals surface area (Å²) in [4.78, 5) is 4.30. The van der Waals surface area contributed by atoms with Crippen molar-refractivity contribution in [2.45, 2.75) is 20.0 Å². The SMILES string of the molecule is CCc1cc(CO)cc(NC)n1. The number of pyridine rings is 1. The van der Waals surface area contributed by atoms with Crippen molar-refractivity contribution in [3.05, 3.63) is 23.4 Å². The number of hydrogen-bond acceptors (Lipinski definition) is 3. The van der Waals surface area contributed by atoms with E-state index in [0.29, 0.717) is 0 Å². The van der Waals surface area contributed by atoms with E-state index in [1.807, 2.05) is 26.1 Å². The zero-order valence-corrected chi connectivity index (χ0v) is 7.46. The molecule has 66 valence electrons. The van der Waals surface area contributed by atoms with Gasteiger partial charge in [0.2, 0.25) is 0 Å². The lowest BCUT2D eigenvalue weighted by Crippen LogP contribution is -1.98. The van der Waals surface area contributed by atoms with E-state index in [4.69, 9.17) is 5.11 Å². The van der Waals surface area contributed by atoms with Crippen LogP contribution in [0, 0.1) is 0 Å². The number of rotatable bonds is 3. The summed E-state index contributed by atoms with van der Waals surface area (Å²) in [5.41, 5.74) is 1.91. The highest BCUT2D eigenvalue weighted by molar-refractivity contribution is 5.38. The second kappa shape index (κ2) is 4.07. The molecular weight excluding hydrogens is 152 g/mol. The van der Waals surface area contributed by atoms with Gasteiger partial charge in [-0.2, -0.15) is 0 Å². The molecule has 0 amide bonds. The minimum Gasteiger partial charge on any atom is -0.392 e. The highest BCUT2D eigenvalue weighted by Crippen LogP contribution is 2.10. The van der Waals surface area contributed by atoms with Crippen LogP contribution >= 0.6 is 0 Å². The Balaban J connectivity index is 3.01. The maximum absolute atomic E-state index is 8.92. The molecule has 3 nitrogen and oxygen atoms in total. The third kappa shape index (κ3) is 1.95. The second-order valence-corrected chi connectivity index (χ2v) is 2.61. The molecule has 0 radical (unpaired) electrons. The lowest BCUT2D eigenvalue weighted by atomic mass is 10.2. The Morgan fingerprint density at radius 3 is 2.75 bits per heavy atom. The highest BCUT2D eigenvalue weighted by Gasteiger charge is 1.98. The Kier molecular flexibility index (Phi) is 3.05. The summed E-state index contributed by atoms with van der Waals surface area (Å²) in [6.07, 6.45) is 0.891. The van der Waals surface area contributed by atoms with E-state index in [1.165, 1.54) is 0 Å². The summed E-state index contributed by atoms with van der Waals surface area (Å²) >= 11 is 0. The van der Waals surface area contributed by atoms with E-state index in [1.54, 1.807) is 0 Å². The van der Waals surface area contributed by atoms with Gasteiger partial charge in [0, 0.05) is 12.7 Å². The zero-order valence-electron chi connectivity index (χ0n) is 7.46. The average molecular weight is 166 g/mol. The molecule has 3 heteroatoms. The number of aryl methyl sites for hydroxylation is 1. The average Bonchev–Trinajstić information content (AvgIpc) is 2.16. The molecule has 0 saturated heterocycles. The molecule has 0 saturated carbocycles. The molecule has 0 unspecified atom stereocenters. The molecule has 0 bridgehead atoms. The first-order valence-electron chi connectivity index (χ1n) is 4.08. The van der Waals surface area contributed by atoms with Gasteiger partial charge in [0.25, 0.3) is 0 Å². The van der Waals surface area contributed by atoms with Gasteiger partial charge in [0.05, 0.1) is 6.61 Å². The molecule has 1 aromatic heterocycles. The van der Waals surface area contributed by atoms with Gasteiger partial charge in [-0.1, -0.05) is 6.92 Å².